The van der Waals surface area contributed by atoms with Crippen molar-refractivity contribution in [3.63, 3.8) is 0 Å². The molecule has 3 rings (SSSR count). The predicted molar refractivity (Wildman–Crippen MR) is 113 cm³/mol. The van der Waals surface area contributed by atoms with Crippen LogP contribution in [0.15, 0.2) is 45.6 Å². The molecule has 8 heteroatoms. The lowest BCUT2D eigenvalue weighted by atomic mass is 10.1. The van der Waals surface area contributed by atoms with E-state index in [9.17, 15) is 14.4 Å². The molecule has 0 aliphatic rings. The van der Waals surface area contributed by atoms with Crippen LogP contribution in [0.1, 0.15) is 27.7 Å². The highest BCUT2D eigenvalue weighted by molar-refractivity contribution is 6.08. The Morgan fingerprint density at radius 3 is 2.10 bits per heavy atom. The molecule has 2 atom stereocenters. The Labute approximate surface area is 178 Å². The number of fused-ring (bicyclic) bond motifs is 3. The molecule has 1 heterocycles. The molecule has 0 fully saturated rings. The zero-order valence-electron chi connectivity index (χ0n) is 17.8. The van der Waals surface area contributed by atoms with Gasteiger partial charge in [-0.2, -0.15) is 0 Å². The monoisotopic (exact) mass is 428 g/mol. The van der Waals surface area contributed by atoms with Gasteiger partial charge in [0.15, 0.2) is 12.2 Å². The molecule has 31 heavy (non-hydrogen) atoms. The maximum atomic E-state index is 12.4. The molecule has 164 valence electrons. The van der Waals surface area contributed by atoms with Crippen LogP contribution in [0.25, 0.3) is 21.7 Å². The normalized spacial score (nSPS) is 12.9. The van der Waals surface area contributed by atoms with Crippen molar-refractivity contribution in [2.45, 2.75) is 39.9 Å². The van der Waals surface area contributed by atoms with Crippen LogP contribution in [-0.2, 0) is 19.1 Å². The fourth-order valence-corrected chi connectivity index (χ4v) is 3.12. The van der Waals surface area contributed by atoms with Crippen LogP contribution in [0.5, 0.6) is 11.5 Å². The minimum absolute atomic E-state index is 0.198. The standard InChI is InChI=1S/C23H24O8/c1-5-27-21(24)13(3)29-15-11-18(30-14(4)22(25)28-6-2)20-16-9-7-8-10-17(16)23(26)31-19(20)12-15/h7-14H,5-6H2,1-4H3/t13-,14-/m0/s1. The average Bonchev–Trinajstić information content (AvgIpc) is 2.74. The quantitative estimate of drug-likeness (QED) is 0.305. The number of carbonyl (C=O) groups is 2. The van der Waals surface area contributed by atoms with Gasteiger partial charge in [-0.15, -0.1) is 0 Å². The third-order valence-corrected chi connectivity index (χ3v) is 4.51. The number of rotatable bonds is 8. The Kier molecular flexibility index (Phi) is 6.79. The SMILES string of the molecule is CCOC(=O)[C@H](C)Oc1cc(O[C@@H](C)C(=O)OCC)c2c(c1)oc(=O)c1ccccc12. The second-order valence-corrected chi connectivity index (χ2v) is 6.75. The minimum Gasteiger partial charge on any atom is -0.479 e. The van der Waals surface area contributed by atoms with Gasteiger partial charge >= 0.3 is 17.6 Å². The highest BCUT2D eigenvalue weighted by atomic mass is 16.6. The van der Waals surface area contributed by atoms with Crippen molar-refractivity contribution in [2.24, 2.45) is 0 Å². The van der Waals surface area contributed by atoms with Gasteiger partial charge in [0, 0.05) is 17.5 Å². The van der Waals surface area contributed by atoms with Crippen molar-refractivity contribution in [1.82, 2.24) is 0 Å². The Morgan fingerprint density at radius 2 is 1.48 bits per heavy atom. The van der Waals surface area contributed by atoms with Gasteiger partial charge in [0.05, 0.1) is 24.0 Å². The molecule has 0 spiro atoms. The Hall–Kier alpha value is -3.55. The lowest BCUT2D eigenvalue weighted by Gasteiger charge is -2.18. The molecule has 8 nitrogen and oxygen atoms in total. The first-order valence-corrected chi connectivity index (χ1v) is 10.0. The first kappa shape index (κ1) is 22.1. The molecule has 0 N–H and O–H groups in total. The number of esters is 2. The van der Waals surface area contributed by atoms with Crippen LogP contribution >= 0.6 is 0 Å². The molecule has 2 aromatic carbocycles. The van der Waals surface area contributed by atoms with Crippen LogP contribution < -0.4 is 15.1 Å². The number of hydrogen-bond acceptors (Lipinski definition) is 8. The Bertz CT molecular complexity index is 1160. The van der Waals surface area contributed by atoms with Gasteiger partial charge in [-0.1, -0.05) is 18.2 Å². The predicted octanol–water partition coefficient (Wildman–Crippen LogP) is 3.61. The van der Waals surface area contributed by atoms with E-state index in [1.165, 1.54) is 6.07 Å². The summed E-state index contributed by atoms with van der Waals surface area (Å²) >= 11 is 0. The van der Waals surface area contributed by atoms with Crippen molar-refractivity contribution in [3.8, 4) is 11.5 Å². The molecule has 0 radical (unpaired) electrons. The van der Waals surface area contributed by atoms with Crippen LogP contribution in [0, 0.1) is 0 Å². The molecule has 3 aromatic rings. The summed E-state index contributed by atoms with van der Waals surface area (Å²) in [6.07, 6.45) is -1.83. The first-order chi connectivity index (χ1) is 14.8. The van der Waals surface area contributed by atoms with Gasteiger partial charge in [-0.3, -0.25) is 0 Å². The van der Waals surface area contributed by atoms with E-state index in [2.05, 4.69) is 0 Å². The summed E-state index contributed by atoms with van der Waals surface area (Å²) in [5, 5.41) is 1.48. The van der Waals surface area contributed by atoms with Crippen molar-refractivity contribution in [3.05, 3.63) is 46.8 Å². The second kappa shape index (κ2) is 9.51. The highest BCUT2D eigenvalue weighted by Gasteiger charge is 2.22. The van der Waals surface area contributed by atoms with E-state index in [0.29, 0.717) is 16.2 Å². The number of ether oxygens (including phenoxy) is 4. The maximum absolute atomic E-state index is 12.4. The fraction of sp³-hybridized carbons (Fsp3) is 0.348. The van der Waals surface area contributed by atoms with Crippen LogP contribution in [0.4, 0.5) is 0 Å². The van der Waals surface area contributed by atoms with E-state index in [4.69, 9.17) is 23.4 Å². The topological polar surface area (TPSA) is 101 Å². The Balaban J connectivity index is 2.14. The number of hydrogen-bond donors (Lipinski definition) is 0. The average molecular weight is 428 g/mol. The molecular formula is C23H24O8. The molecule has 0 bridgehead atoms. The van der Waals surface area contributed by atoms with Crippen molar-refractivity contribution < 1.29 is 33.0 Å². The molecule has 0 saturated carbocycles. The van der Waals surface area contributed by atoms with Crippen LogP contribution in [0.2, 0.25) is 0 Å². The third-order valence-electron chi connectivity index (χ3n) is 4.51. The summed E-state index contributed by atoms with van der Waals surface area (Å²) in [7, 11) is 0. The molecule has 0 saturated heterocycles. The van der Waals surface area contributed by atoms with Crippen LogP contribution in [-0.4, -0.2) is 37.4 Å². The molecule has 1 aromatic heterocycles. The zero-order valence-corrected chi connectivity index (χ0v) is 17.8. The van der Waals surface area contributed by atoms with Gasteiger partial charge in [-0.05, 0) is 33.8 Å². The lowest BCUT2D eigenvalue weighted by Crippen LogP contribution is -2.27. The molecule has 0 aliphatic heterocycles. The largest absolute Gasteiger partial charge is 0.479 e. The maximum Gasteiger partial charge on any atom is 0.347 e. The van der Waals surface area contributed by atoms with Gasteiger partial charge in [-0.25, -0.2) is 14.4 Å². The first-order valence-electron chi connectivity index (χ1n) is 10.0. The number of carbonyl (C=O) groups excluding carboxylic acids is 2. The number of benzene rings is 2. The summed E-state index contributed by atoms with van der Waals surface area (Å²) in [5.74, 6) is -0.602. The summed E-state index contributed by atoms with van der Waals surface area (Å²) in [5.41, 5.74) is -0.327. The van der Waals surface area contributed by atoms with Crippen LogP contribution in [0.3, 0.4) is 0 Å². The van der Waals surface area contributed by atoms with E-state index in [1.807, 2.05) is 0 Å². The van der Waals surface area contributed by atoms with Crippen molar-refractivity contribution in [1.29, 1.82) is 0 Å². The third kappa shape index (κ3) is 4.79. The lowest BCUT2D eigenvalue weighted by molar-refractivity contribution is -0.151. The second-order valence-electron chi connectivity index (χ2n) is 6.75. The summed E-state index contributed by atoms with van der Waals surface area (Å²) in [6.45, 7) is 6.93. The summed E-state index contributed by atoms with van der Waals surface area (Å²) in [4.78, 5) is 36.5. The summed E-state index contributed by atoms with van der Waals surface area (Å²) in [6, 6.07) is 9.96. The van der Waals surface area contributed by atoms with Gasteiger partial charge in [0.2, 0.25) is 0 Å². The van der Waals surface area contributed by atoms with E-state index in [0.717, 1.165) is 0 Å². The zero-order chi connectivity index (χ0) is 22.5. The summed E-state index contributed by atoms with van der Waals surface area (Å²) < 4.78 is 27.0. The van der Waals surface area contributed by atoms with Gasteiger partial charge in [0.1, 0.15) is 17.1 Å². The van der Waals surface area contributed by atoms with E-state index >= 15 is 0 Å². The van der Waals surface area contributed by atoms with Crippen molar-refractivity contribution in [2.75, 3.05) is 13.2 Å². The fourth-order valence-electron chi connectivity index (χ4n) is 3.12. The smallest absolute Gasteiger partial charge is 0.347 e. The van der Waals surface area contributed by atoms with E-state index in [1.54, 1.807) is 58.0 Å². The molecule has 0 amide bonds. The minimum atomic E-state index is -0.924. The van der Waals surface area contributed by atoms with Gasteiger partial charge in [0.25, 0.3) is 0 Å². The highest BCUT2D eigenvalue weighted by Crippen LogP contribution is 2.36. The van der Waals surface area contributed by atoms with Crippen molar-refractivity contribution >= 4 is 33.7 Å². The molecule has 0 aliphatic carbocycles. The molecular weight excluding hydrogens is 404 g/mol. The van der Waals surface area contributed by atoms with Gasteiger partial charge < -0.3 is 23.4 Å². The van der Waals surface area contributed by atoms with E-state index in [-0.39, 0.29) is 30.3 Å². The van der Waals surface area contributed by atoms with E-state index < -0.39 is 29.8 Å². The Morgan fingerprint density at radius 1 is 0.903 bits per heavy atom. The molecule has 0 unspecified atom stereocenters.